The van der Waals surface area contributed by atoms with Gasteiger partial charge in [-0.3, -0.25) is 9.59 Å². The lowest BCUT2D eigenvalue weighted by Gasteiger charge is -2.27. The van der Waals surface area contributed by atoms with Gasteiger partial charge in [0, 0.05) is 23.0 Å². The molecule has 0 saturated carbocycles. The molecule has 0 aromatic heterocycles. The normalized spacial score (nSPS) is 21.4. The summed E-state index contributed by atoms with van der Waals surface area (Å²) in [5, 5.41) is 2.46. The van der Waals surface area contributed by atoms with Crippen LogP contribution in [0.15, 0.2) is 48.5 Å². The number of nitroso groups, excluding NO2 is 1. The molecule has 2 aliphatic heterocycles. The molecular formula is C25H27N2O7S+. The Labute approximate surface area is 207 Å². The third-order valence-corrected chi connectivity index (χ3v) is 7.25. The highest BCUT2D eigenvalue weighted by Gasteiger charge is 2.64. The smallest absolute Gasteiger partial charge is 0.328 e. The average molecular weight is 500 g/mol. The molecule has 35 heavy (non-hydrogen) atoms. The highest BCUT2D eigenvalue weighted by Crippen LogP contribution is 2.45. The largest absolute Gasteiger partial charge is 0.459 e. The van der Waals surface area contributed by atoms with Crippen molar-refractivity contribution in [3.8, 4) is 11.5 Å². The Kier molecular flexibility index (Phi) is 7.39. The van der Waals surface area contributed by atoms with E-state index in [2.05, 4.69) is 5.32 Å². The second-order valence-corrected chi connectivity index (χ2v) is 9.70. The number of carbonyl (C=O) groups is 3. The monoisotopic (exact) mass is 499 g/mol. The predicted molar refractivity (Wildman–Crippen MR) is 128 cm³/mol. The van der Waals surface area contributed by atoms with Gasteiger partial charge >= 0.3 is 11.5 Å². The second kappa shape index (κ2) is 10.5. The zero-order valence-corrected chi connectivity index (χ0v) is 20.3. The lowest BCUT2D eigenvalue weighted by Crippen LogP contribution is -2.58. The molecule has 2 heterocycles. The fourth-order valence-corrected chi connectivity index (χ4v) is 5.29. The maximum Gasteiger partial charge on any atom is 0.328 e. The van der Waals surface area contributed by atoms with Crippen molar-refractivity contribution in [2.24, 2.45) is 0 Å². The number of amides is 1. The molecule has 0 aliphatic carbocycles. The molecule has 0 spiro atoms. The molecule has 0 bridgehead atoms. The van der Waals surface area contributed by atoms with Crippen LogP contribution in [0.25, 0.3) is 0 Å². The van der Waals surface area contributed by atoms with E-state index in [1.165, 1.54) is 13.8 Å². The van der Waals surface area contributed by atoms with E-state index < -0.39 is 29.4 Å². The van der Waals surface area contributed by atoms with E-state index in [0.717, 1.165) is 27.6 Å². The third-order valence-electron chi connectivity index (χ3n) is 6.26. The quantitative estimate of drug-likeness (QED) is 0.436. The molecule has 2 aromatic carbocycles. The van der Waals surface area contributed by atoms with E-state index in [4.69, 9.17) is 14.2 Å². The fourth-order valence-electron chi connectivity index (χ4n) is 4.39. The lowest BCUT2D eigenvalue weighted by atomic mass is 9.80. The number of benzene rings is 2. The Morgan fingerprint density at radius 1 is 1.17 bits per heavy atom. The summed E-state index contributed by atoms with van der Waals surface area (Å²) < 4.78 is 16.9. The Morgan fingerprint density at radius 2 is 1.91 bits per heavy atom. The van der Waals surface area contributed by atoms with Gasteiger partial charge in [-0.25, -0.2) is 4.79 Å². The number of fused-ring (bicyclic) bond motifs is 1. The van der Waals surface area contributed by atoms with Crippen molar-refractivity contribution < 1.29 is 33.4 Å². The minimum Gasteiger partial charge on any atom is -0.459 e. The lowest BCUT2D eigenvalue weighted by molar-refractivity contribution is -0.586. The number of nitrogens with one attached hydrogen (secondary N) is 1. The summed E-state index contributed by atoms with van der Waals surface area (Å²) in [5.41, 5.74) is -0.0397. The van der Waals surface area contributed by atoms with Crippen LogP contribution in [0.2, 0.25) is 0 Å². The molecule has 1 N–H and O–H groups in total. The van der Waals surface area contributed by atoms with Crippen molar-refractivity contribution >= 4 is 28.8 Å². The van der Waals surface area contributed by atoms with Crippen molar-refractivity contribution in [2.75, 3.05) is 19.1 Å². The zero-order valence-electron chi connectivity index (χ0n) is 19.5. The van der Waals surface area contributed by atoms with Gasteiger partial charge in [-0.15, -0.1) is 0 Å². The van der Waals surface area contributed by atoms with Gasteiger partial charge in [-0.05, 0) is 30.2 Å². The SMILES string of the molecule is CC(=O)SCC1(C(=O)N[C@@H](C)C(=O)OCc2ccccc2)C(c2ccc3c(c2)OCO3)CC[N+]1=O. The van der Waals surface area contributed by atoms with Crippen molar-refractivity contribution in [3.63, 3.8) is 0 Å². The van der Waals surface area contributed by atoms with Crippen molar-refractivity contribution in [1.82, 2.24) is 5.32 Å². The van der Waals surface area contributed by atoms with E-state index in [1.807, 2.05) is 30.3 Å². The van der Waals surface area contributed by atoms with Crippen LogP contribution in [-0.4, -0.2) is 52.4 Å². The van der Waals surface area contributed by atoms with E-state index in [9.17, 15) is 19.3 Å². The van der Waals surface area contributed by atoms with Crippen molar-refractivity contribution in [2.45, 2.75) is 44.4 Å². The highest BCUT2D eigenvalue weighted by atomic mass is 32.2. The fraction of sp³-hybridized carbons (Fsp3) is 0.400. The first-order valence-corrected chi connectivity index (χ1v) is 12.3. The molecular weight excluding hydrogens is 472 g/mol. The number of ether oxygens (including phenoxy) is 3. The molecule has 2 aliphatic rings. The molecule has 184 valence electrons. The number of esters is 1. The standard InChI is InChI=1S/C25H26N2O7S/c1-16(23(29)32-13-18-6-4-3-5-7-18)26-24(30)25(14-35-17(2)28)20(10-11-27(25)31)19-8-9-21-22(12-19)34-15-33-21/h3-9,12,16,20H,10-11,13-15H2,1-2H3/p+1/t16-,20?,25?/m0/s1. The number of nitrogens with zero attached hydrogens (tertiary/aromatic N) is 1. The highest BCUT2D eigenvalue weighted by molar-refractivity contribution is 8.13. The minimum atomic E-state index is -1.59. The zero-order chi connectivity index (χ0) is 25.0. The summed E-state index contributed by atoms with van der Waals surface area (Å²) in [6.45, 7) is 3.18. The van der Waals surface area contributed by atoms with Crippen LogP contribution in [0, 0.1) is 4.91 Å². The summed E-state index contributed by atoms with van der Waals surface area (Å²) in [7, 11) is 0. The molecule has 10 heteroatoms. The average Bonchev–Trinajstić information content (AvgIpc) is 3.45. The van der Waals surface area contributed by atoms with Gasteiger partial charge in [0.2, 0.25) is 6.79 Å². The number of thioether (sulfide) groups is 1. The molecule has 0 radical (unpaired) electrons. The van der Waals surface area contributed by atoms with Crippen molar-refractivity contribution in [3.05, 3.63) is 64.6 Å². The maximum absolute atomic E-state index is 13.7. The molecule has 4 rings (SSSR count). The molecule has 1 fully saturated rings. The van der Waals surface area contributed by atoms with Crippen molar-refractivity contribution in [1.29, 1.82) is 0 Å². The number of carbonyl (C=O) groups excluding carboxylic acids is 3. The summed E-state index contributed by atoms with van der Waals surface area (Å²) in [4.78, 5) is 51.2. The van der Waals surface area contributed by atoms with Crippen LogP contribution in [0.5, 0.6) is 11.5 Å². The van der Waals surface area contributed by atoms with Gasteiger partial charge in [0.25, 0.3) is 5.91 Å². The molecule has 3 atom stereocenters. The van der Waals surface area contributed by atoms with E-state index in [-0.39, 0.29) is 30.8 Å². The first-order chi connectivity index (χ1) is 16.8. The Morgan fingerprint density at radius 3 is 2.66 bits per heavy atom. The van der Waals surface area contributed by atoms with Gasteiger partial charge < -0.3 is 19.5 Å². The molecule has 9 nitrogen and oxygen atoms in total. The Balaban J connectivity index is 1.55. The molecule has 2 aromatic rings. The van der Waals surface area contributed by atoms with Gasteiger partial charge in [0.15, 0.2) is 23.2 Å². The summed E-state index contributed by atoms with van der Waals surface area (Å²) >= 11 is 0.913. The van der Waals surface area contributed by atoms with E-state index in [0.29, 0.717) is 17.9 Å². The Hall–Kier alpha value is -3.40. The van der Waals surface area contributed by atoms with Gasteiger partial charge in [-0.1, -0.05) is 48.2 Å². The van der Waals surface area contributed by atoms with Crippen LogP contribution in [0.4, 0.5) is 0 Å². The third kappa shape index (κ3) is 5.17. The number of hydrogen-bond donors (Lipinski definition) is 1. The van der Waals surface area contributed by atoms with Gasteiger partial charge in [0.1, 0.15) is 12.6 Å². The second-order valence-electron chi connectivity index (χ2n) is 8.55. The molecule has 2 unspecified atom stereocenters. The topological polar surface area (TPSA) is 111 Å². The number of hydrogen-bond acceptors (Lipinski definition) is 8. The predicted octanol–water partition coefficient (Wildman–Crippen LogP) is 2.95. The van der Waals surface area contributed by atoms with E-state index >= 15 is 0 Å². The van der Waals surface area contributed by atoms with Gasteiger partial charge in [-0.2, -0.15) is 0 Å². The number of rotatable bonds is 8. The summed E-state index contributed by atoms with van der Waals surface area (Å²) in [5.74, 6) is -0.680. The summed E-state index contributed by atoms with van der Waals surface area (Å²) in [6.07, 6.45) is 0.405. The Bertz CT molecular complexity index is 1140. The molecule has 1 amide bonds. The maximum atomic E-state index is 13.7. The van der Waals surface area contributed by atoms with Crippen LogP contribution in [0.1, 0.15) is 37.3 Å². The van der Waals surface area contributed by atoms with E-state index in [1.54, 1.807) is 18.2 Å². The minimum absolute atomic E-state index is 0.0530. The first-order valence-electron chi connectivity index (χ1n) is 11.3. The van der Waals surface area contributed by atoms with Gasteiger partial charge in [0.05, 0.1) is 11.7 Å². The van der Waals surface area contributed by atoms with Crippen LogP contribution in [-0.2, 0) is 25.7 Å². The van der Waals surface area contributed by atoms with Crippen LogP contribution in [0.3, 0.4) is 0 Å². The van der Waals surface area contributed by atoms with Crippen LogP contribution < -0.4 is 14.8 Å². The molecule has 1 saturated heterocycles. The van der Waals surface area contributed by atoms with Crippen LogP contribution >= 0.6 is 11.8 Å². The summed E-state index contributed by atoms with van der Waals surface area (Å²) in [6, 6.07) is 13.5. The first kappa shape index (κ1) is 24.7.